The molecule has 0 aliphatic carbocycles. The van der Waals surface area contributed by atoms with Gasteiger partial charge < -0.3 is 29.2 Å². The van der Waals surface area contributed by atoms with E-state index in [1.165, 1.54) is 0 Å². The summed E-state index contributed by atoms with van der Waals surface area (Å²) in [5.41, 5.74) is 2.10. The van der Waals surface area contributed by atoms with Crippen LogP contribution >= 0.6 is 0 Å². The van der Waals surface area contributed by atoms with Gasteiger partial charge in [-0.3, -0.25) is 14.5 Å². The first-order valence-corrected chi connectivity index (χ1v) is 11.7. The van der Waals surface area contributed by atoms with Gasteiger partial charge in [-0.15, -0.1) is 0 Å². The summed E-state index contributed by atoms with van der Waals surface area (Å²) in [4.78, 5) is 37.0. The Morgan fingerprint density at radius 2 is 1.74 bits per heavy atom. The van der Waals surface area contributed by atoms with Crippen LogP contribution < -0.4 is 15.1 Å². The number of anilines is 3. The molecule has 0 bridgehead atoms. The lowest BCUT2D eigenvalue weighted by Gasteiger charge is -2.35. The fourth-order valence-electron chi connectivity index (χ4n) is 4.27. The highest BCUT2D eigenvalue weighted by molar-refractivity contribution is 5.92. The number of hydrogen-bond donors (Lipinski definition) is 1. The van der Waals surface area contributed by atoms with Crippen LogP contribution in [0.3, 0.4) is 0 Å². The molecule has 2 saturated heterocycles. The van der Waals surface area contributed by atoms with Crippen LogP contribution in [0.2, 0.25) is 0 Å². The molecule has 2 aromatic rings. The van der Waals surface area contributed by atoms with Gasteiger partial charge in [0.1, 0.15) is 6.07 Å². The average molecular weight is 482 g/mol. The van der Waals surface area contributed by atoms with E-state index in [1.54, 1.807) is 23.8 Å². The van der Waals surface area contributed by atoms with Gasteiger partial charge in [0.2, 0.25) is 23.4 Å². The average Bonchev–Trinajstić information content (AvgIpc) is 3.25. The Morgan fingerprint density at radius 1 is 1.06 bits per heavy atom. The van der Waals surface area contributed by atoms with Crippen molar-refractivity contribution in [2.24, 2.45) is 0 Å². The number of likely N-dealkylation sites (N-methyl/N-ethyl adjacent to an activating group) is 1. The van der Waals surface area contributed by atoms with E-state index in [0.29, 0.717) is 38.0 Å². The zero-order valence-electron chi connectivity index (χ0n) is 20.2. The van der Waals surface area contributed by atoms with Gasteiger partial charge >= 0.3 is 0 Å². The molecule has 2 amide bonds. The minimum Gasteiger partial charge on any atom is -0.424 e. The number of aryl methyl sites for hydroxylation is 1. The standard InChI is InChI=1S/C24H31N7O4/c1-18-26-21(15-25)24(35-18)31-9-7-30(8-10-31)23(33)17-28(2)16-22(32)27-19-3-5-20(6-4-19)29-11-13-34-14-12-29/h3-6H,7-14,16-17H2,1-2H3,(H,27,32). The van der Waals surface area contributed by atoms with Crippen molar-refractivity contribution < 1.29 is 18.7 Å². The molecule has 0 spiro atoms. The minimum atomic E-state index is -0.172. The number of carbonyl (C=O) groups is 2. The Bertz CT molecular complexity index is 1060. The maximum absolute atomic E-state index is 12.7. The molecule has 2 aliphatic rings. The molecule has 0 saturated carbocycles. The molecule has 3 heterocycles. The van der Waals surface area contributed by atoms with Gasteiger partial charge in [0.15, 0.2) is 5.89 Å². The van der Waals surface area contributed by atoms with Gasteiger partial charge in [-0.25, -0.2) is 4.98 Å². The predicted octanol–water partition coefficient (Wildman–Crippen LogP) is 0.910. The van der Waals surface area contributed by atoms with Gasteiger partial charge in [0, 0.05) is 57.6 Å². The molecule has 1 aromatic carbocycles. The van der Waals surface area contributed by atoms with Crippen molar-refractivity contribution >= 4 is 29.1 Å². The van der Waals surface area contributed by atoms with Crippen LogP contribution in [0.25, 0.3) is 0 Å². The summed E-state index contributed by atoms with van der Waals surface area (Å²) in [5.74, 6) is 0.699. The quantitative estimate of drug-likeness (QED) is 0.616. The number of rotatable bonds is 7. The van der Waals surface area contributed by atoms with Crippen LogP contribution in [0.4, 0.5) is 17.3 Å². The van der Waals surface area contributed by atoms with Crippen molar-refractivity contribution in [2.45, 2.75) is 6.92 Å². The summed E-state index contributed by atoms with van der Waals surface area (Å²) >= 11 is 0. The fraction of sp³-hybridized carbons (Fsp3) is 0.500. The molecule has 1 aromatic heterocycles. The highest BCUT2D eigenvalue weighted by atomic mass is 16.5. The summed E-state index contributed by atoms with van der Waals surface area (Å²) < 4.78 is 10.9. The molecule has 186 valence electrons. The van der Waals surface area contributed by atoms with Crippen LogP contribution in [0.15, 0.2) is 28.7 Å². The second kappa shape index (κ2) is 11.2. The lowest BCUT2D eigenvalue weighted by Crippen LogP contribution is -2.51. The number of nitriles is 1. The number of nitrogens with zero attached hydrogens (tertiary/aromatic N) is 6. The number of oxazole rings is 1. The van der Waals surface area contributed by atoms with Crippen molar-refractivity contribution in [2.75, 3.05) is 87.7 Å². The number of morpholine rings is 1. The SMILES string of the molecule is Cc1nc(C#N)c(N2CCN(C(=O)CN(C)CC(=O)Nc3ccc(N4CCOCC4)cc3)CC2)o1. The van der Waals surface area contributed by atoms with E-state index in [4.69, 9.17) is 9.15 Å². The highest BCUT2D eigenvalue weighted by Gasteiger charge is 2.26. The third-order valence-electron chi connectivity index (χ3n) is 6.09. The van der Waals surface area contributed by atoms with Crippen molar-refractivity contribution in [3.63, 3.8) is 0 Å². The molecule has 1 N–H and O–H groups in total. The summed E-state index contributed by atoms with van der Waals surface area (Å²) in [6.45, 7) is 7.27. The third kappa shape index (κ3) is 6.29. The second-order valence-corrected chi connectivity index (χ2v) is 8.73. The summed E-state index contributed by atoms with van der Waals surface area (Å²) in [5, 5.41) is 12.1. The Labute approximate surface area is 204 Å². The van der Waals surface area contributed by atoms with E-state index in [-0.39, 0.29) is 30.6 Å². The predicted molar refractivity (Wildman–Crippen MR) is 130 cm³/mol. The summed E-state index contributed by atoms with van der Waals surface area (Å²) in [7, 11) is 1.76. The van der Waals surface area contributed by atoms with E-state index in [2.05, 4.69) is 15.2 Å². The van der Waals surface area contributed by atoms with Gasteiger partial charge in [-0.05, 0) is 31.3 Å². The number of ether oxygens (including phenoxy) is 1. The lowest BCUT2D eigenvalue weighted by atomic mass is 10.2. The Morgan fingerprint density at radius 3 is 2.40 bits per heavy atom. The minimum absolute atomic E-state index is 0.0379. The van der Waals surface area contributed by atoms with Gasteiger partial charge in [-0.2, -0.15) is 5.26 Å². The molecule has 2 aliphatic heterocycles. The number of piperazine rings is 1. The first kappa shape index (κ1) is 24.5. The fourth-order valence-corrected chi connectivity index (χ4v) is 4.27. The van der Waals surface area contributed by atoms with Gasteiger partial charge in [0.25, 0.3) is 0 Å². The number of hydrogen-bond acceptors (Lipinski definition) is 9. The van der Waals surface area contributed by atoms with Crippen molar-refractivity contribution in [3.8, 4) is 6.07 Å². The normalized spacial score (nSPS) is 16.3. The van der Waals surface area contributed by atoms with Crippen molar-refractivity contribution in [1.29, 1.82) is 5.26 Å². The highest BCUT2D eigenvalue weighted by Crippen LogP contribution is 2.23. The van der Waals surface area contributed by atoms with Crippen LogP contribution in [0.5, 0.6) is 0 Å². The van der Waals surface area contributed by atoms with E-state index < -0.39 is 0 Å². The monoisotopic (exact) mass is 481 g/mol. The number of nitrogens with one attached hydrogen (secondary N) is 1. The molecule has 0 unspecified atom stereocenters. The molecule has 4 rings (SSSR count). The van der Waals surface area contributed by atoms with Crippen molar-refractivity contribution in [3.05, 3.63) is 35.9 Å². The van der Waals surface area contributed by atoms with Crippen LogP contribution in [-0.4, -0.2) is 99.2 Å². The number of benzene rings is 1. The Kier molecular flexibility index (Phi) is 7.84. The molecule has 0 atom stereocenters. The molecular formula is C24H31N7O4. The van der Waals surface area contributed by atoms with Crippen LogP contribution in [0.1, 0.15) is 11.6 Å². The Hall–Kier alpha value is -3.62. The number of amides is 2. The largest absolute Gasteiger partial charge is 0.424 e. The van der Waals surface area contributed by atoms with Crippen LogP contribution in [-0.2, 0) is 14.3 Å². The number of aromatic nitrogens is 1. The van der Waals surface area contributed by atoms with E-state index in [1.807, 2.05) is 35.2 Å². The first-order chi connectivity index (χ1) is 16.9. The van der Waals surface area contributed by atoms with E-state index in [9.17, 15) is 14.9 Å². The molecule has 2 fully saturated rings. The smallest absolute Gasteiger partial charge is 0.238 e. The molecule has 11 nitrogen and oxygen atoms in total. The molecule has 0 radical (unpaired) electrons. The van der Waals surface area contributed by atoms with E-state index in [0.717, 1.165) is 37.7 Å². The molecule has 35 heavy (non-hydrogen) atoms. The maximum Gasteiger partial charge on any atom is 0.238 e. The molecular weight excluding hydrogens is 450 g/mol. The molecule has 11 heteroatoms. The third-order valence-corrected chi connectivity index (χ3v) is 6.09. The lowest BCUT2D eigenvalue weighted by molar-refractivity contribution is -0.132. The topological polar surface area (TPSA) is 118 Å². The summed E-state index contributed by atoms with van der Waals surface area (Å²) in [6, 6.07) is 9.82. The number of carbonyl (C=O) groups excluding carboxylic acids is 2. The second-order valence-electron chi connectivity index (χ2n) is 8.73. The van der Waals surface area contributed by atoms with Crippen molar-refractivity contribution in [1.82, 2.24) is 14.8 Å². The van der Waals surface area contributed by atoms with Crippen LogP contribution in [0, 0.1) is 18.3 Å². The first-order valence-electron chi connectivity index (χ1n) is 11.7. The van der Waals surface area contributed by atoms with E-state index >= 15 is 0 Å². The maximum atomic E-state index is 12.7. The Balaban J connectivity index is 1.20. The van der Waals surface area contributed by atoms with Gasteiger partial charge in [-0.1, -0.05) is 0 Å². The van der Waals surface area contributed by atoms with Gasteiger partial charge in [0.05, 0.1) is 26.3 Å². The summed E-state index contributed by atoms with van der Waals surface area (Å²) in [6.07, 6.45) is 0. The zero-order valence-corrected chi connectivity index (χ0v) is 20.2. The zero-order chi connectivity index (χ0) is 24.8.